The molecular weight excluding hydrogens is 426 g/mol. The summed E-state index contributed by atoms with van der Waals surface area (Å²) in [4.78, 5) is 20.1. The van der Waals surface area contributed by atoms with Crippen LogP contribution in [-0.4, -0.2) is 74.5 Å². The van der Waals surface area contributed by atoms with E-state index in [-0.39, 0.29) is 5.91 Å². The van der Waals surface area contributed by atoms with Crippen LogP contribution in [0, 0.1) is 6.92 Å². The second-order valence-electron chi connectivity index (χ2n) is 10.1. The molecule has 1 N–H and O–H groups in total. The molecule has 4 aromatic rings. The molecule has 1 aliphatic heterocycles. The maximum absolute atomic E-state index is 12.4. The molecule has 1 fully saturated rings. The number of nitrogens with zero attached hydrogens (tertiary/aromatic N) is 6. The van der Waals surface area contributed by atoms with Crippen molar-refractivity contribution in [2.75, 3.05) is 33.7 Å². The fourth-order valence-electron chi connectivity index (χ4n) is 5.27. The van der Waals surface area contributed by atoms with E-state index in [1.807, 2.05) is 36.2 Å². The number of pyridine rings is 1. The molecule has 4 heterocycles. The fraction of sp³-hybridized carbons (Fsp3) is 0.462. The van der Waals surface area contributed by atoms with E-state index in [4.69, 9.17) is 0 Å². The summed E-state index contributed by atoms with van der Waals surface area (Å²) in [6.07, 6.45) is 4.03. The largest absolute Gasteiger partial charge is 0.354 e. The second-order valence-corrected chi connectivity index (χ2v) is 10.1. The Bertz CT molecular complexity index is 1340. The van der Waals surface area contributed by atoms with Gasteiger partial charge in [0.05, 0.1) is 12.2 Å². The number of likely N-dealkylation sites (tertiary alicyclic amines) is 1. The van der Waals surface area contributed by atoms with Crippen molar-refractivity contribution in [3.8, 4) is 11.3 Å². The fourth-order valence-corrected chi connectivity index (χ4v) is 5.27. The van der Waals surface area contributed by atoms with Crippen molar-refractivity contribution in [3.63, 3.8) is 0 Å². The summed E-state index contributed by atoms with van der Waals surface area (Å²) in [5.74, 6) is 1.06. The van der Waals surface area contributed by atoms with Gasteiger partial charge in [0.15, 0.2) is 5.65 Å². The third-order valence-corrected chi connectivity index (χ3v) is 7.02. The van der Waals surface area contributed by atoms with E-state index in [0.29, 0.717) is 18.4 Å². The molecule has 0 unspecified atom stereocenters. The standard InChI is InChI=1S/C26H33N7O/c1-16(2)25-20-13-19(18-8-10-32(11-9-18)24(34)15-31(4)5)6-7-22(20)27-26(25)21-14-33-23(12-17(21)3)28-29-30-33/h6-7,12-14,16,18,27H,8-11,15H2,1-5H3. The molecule has 178 valence electrons. The number of piperidine rings is 1. The molecule has 0 spiro atoms. The highest BCUT2D eigenvalue weighted by Gasteiger charge is 2.25. The maximum Gasteiger partial charge on any atom is 0.236 e. The number of tetrazole rings is 1. The zero-order valence-electron chi connectivity index (χ0n) is 20.7. The molecule has 0 atom stereocenters. The molecule has 0 aliphatic carbocycles. The number of H-pyrrole nitrogens is 1. The number of hydrogen-bond acceptors (Lipinski definition) is 5. The lowest BCUT2D eigenvalue weighted by molar-refractivity contribution is -0.132. The molecule has 1 saturated heterocycles. The summed E-state index contributed by atoms with van der Waals surface area (Å²) in [7, 11) is 3.89. The van der Waals surface area contributed by atoms with E-state index in [1.165, 1.54) is 16.5 Å². The number of carbonyl (C=O) groups is 1. The highest BCUT2D eigenvalue weighted by Crippen LogP contribution is 2.39. The molecule has 8 nitrogen and oxygen atoms in total. The molecule has 5 rings (SSSR count). The number of carbonyl (C=O) groups excluding carboxylic acids is 1. The summed E-state index contributed by atoms with van der Waals surface area (Å²) >= 11 is 0. The Balaban J connectivity index is 1.47. The first-order valence-electron chi connectivity index (χ1n) is 12.1. The van der Waals surface area contributed by atoms with Gasteiger partial charge in [-0.1, -0.05) is 19.9 Å². The van der Waals surface area contributed by atoms with Gasteiger partial charge in [0.25, 0.3) is 0 Å². The van der Waals surface area contributed by atoms with Crippen LogP contribution in [0.1, 0.15) is 55.2 Å². The van der Waals surface area contributed by atoms with E-state index in [2.05, 4.69) is 59.5 Å². The number of rotatable bonds is 5. The highest BCUT2D eigenvalue weighted by atomic mass is 16.2. The minimum atomic E-state index is 0.228. The number of nitrogens with one attached hydrogen (secondary N) is 1. The van der Waals surface area contributed by atoms with Gasteiger partial charge in [0, 0.05) is 35.8 Å². The summed E-state index contributed by atoms with van der Waals surface area (Å²) in [5.41, 5.74) is 8.00. The maximum atomic E-state index is 12.4. The SMILES string of the molecule is Cc1cc2nnnn2cc1-c1[nH]c2ccc(C3CCN(C(=O)CN(C)C)CC3)cc2c1C(C)C. The Kier molecular flexibility index (Phi) is 5.85. The van der Waals surface area contributed by atoms with Crippen molar-refractivity contribution in [2.24, 2.45) is 0 Å². The minimum Gasteiger partial charge on any atom is -0.354 e. The Labute approximate surface area is 199 Å². The van der Waals surface area contributed by atoms with Crippen molar-refractivity contribution in [1.29, 1.82) is 0 Å². The molecule has 0 saturated carbocycles. The first-order valence-corrected chi connectivity index (χ1v) is 12.1. The van der Waals surface area contributed by atoms with Gasteiger partial charge in [-0.2, -0.15) is 4.52 Å². The average Bonchev–Trinajstić information content (AvgIpc) is 3.41. The molecule has 8 heteroatoms. The van der Waals surface area contributed by atoms with E-state index in [1.54, 1.807) is 4.52 Å². The lowest BCUT2D eigenvalue weighted by atomic mass is 9.87. The normalized spacial score (nSPS) is 15.3. The summed E-state index contributed by atoms with van der Waals surface area (Å²) in [5, 5.41) is 13.2. The van der Waals surface area contributed by atoms with Crippen molar-refractivity contribution >= 4 is 22.5 Å². The van der Waals surface area contributed by atoms with Gasteiger partial charge < -0.3 is 14.8 Å². The zero-order valence-corrected chi connectivity index (χ0v) is 20.7. The molecule has 0 radical (unpaired) electrons. The Morgan fingerprint density at radius 1 is 1.21 bits per heavy atom. The number of hydrogen-bond donors (Lipinski definition) is 1. The topological polar surface area (TPSA) is 82.4 Å². The predicted molar refractivity (Wildman–Crippen MR) is 134 cm³/mol. The number of fused-ring (bicyclic) bond motifs is 2. The number of aryl methyl sites for hydroxylation is 1. The van der Waals surface area contributed by atoms with Crippen LogP contribution in [0.4, 0.5) is 0 Å². The van der Waals surface area contributed by atoms with Crippen LogP contribution in [0.5, 0.6) is 0 Å². The quantitative estimate of drug-likeness (QED) is 0.488. The Hall–Kier alpha value is -3.26. The third-order valence-electron chi connectivity index (χ3n) is 7.02. The number of benzene rings is 1. The lowest BCUT2D eigenvalue weighted by Crippen LogP contribution is -2.42. The second kappa shape index (κ2) is 8.83. The van der Waals surface area contributed by atoms with E-state index in [0.717, 1.165) is 53.9 Å². The Morgan fingerprint density at radius 2 is 1.97 bits per heavy atom. The average molecular weight is 460 g/mol. The first kappa shape index (κ1) is 22.5. The molecular formula is C26H33N7O. The van der Waals surface area contributed by atoms with Crippen molar-refractivity contribution < 1.29 is 4.79 Å². The van der Waals surface area contributed by atoms with Crippen LogP contribution in [-0.2, 0) is 4.79 Å². The Morgan fingerprint density at radius 3 is 2.68 bits per heavy atom. The van der Waals surface area contributed by atoms with Crippen LogP contribution in [0.2, 0.25) is 0 Å². The highest BCUT2D eigenvalue weighted by molar-refractivity contribution is 5.92. The molecule has 0 bridgehead atoms. The van der Waals surface area contributed by atoms with Gasteiger partial charge in [-0.3, -0.25) is 4.79 Å². The third kappa shape index (κ3) is 4.07. The van der Waals surface area contributed by atoms with E-state index < -0.39 is 0 Å². The van der Waals surface area contributed by atoms with Crippen LogP contribution in [0.15, 0.2) is 30.5 Å². The van der Waals surface area contributed by atoms with Crippen LogP contribution < -0.4 is 0 Å². The lowest BCUT2D eigenvalue weighted by Gasteiger charge is -2.33. The van der Waals surface area contributed by atoms with Gasteiger partial charge in [0.1, 0.15) is 0 Å². The molecule has 1 aromatic carbocycles. The summed E-state index contributed by atoms with van der Waals surface area (Å²) < 4.78 is 1.73. The van der Waals surface area contributed by atoms with Crippen molar-refractivity contribution in [2.45, 2.75) is 45.4 Å². The van der Waals surface area contributed by atoms with Crippen molar-refractivity contribution in [3.05, 3.63) is 47.2 Å². The molecule has 1 aliphatic rings. The van der Waals surface area contributed by atoms with Crippen molar-refractivity contribution in [1.82, 2.24) is 34.8 Å². The number of aromatic amines is 1. The van der Waals surface area contributed by atoms with E-state index >= 15 is 0 Å². The summed E-state index contributed by atoms with van der Waals surface area (Å²) in [6.45, 7) is 8.75. The smallest absolute Gasteiger partial charge is 0.236 e. The number of amides is 1. The first-order chi connectivity index (χ1) is 16.3. The molecule has 3 aromatic heterocycles. The molecule has 34 heavy (non-hydrogen) atoms. The van der Waals surface area contributed by atoms with Gasteiger partial charge in [-0.05, 0) is 91.0 Å². The van der Waals surface area contributed by atoms with Gasteiger partial charge in [-0.25, -0.2) is 0 Å². The molecule has 1 amide bonds. The van der Waals surface area contributed by atoms with Gasteiger partial charge >= 0.3 is 0 Å². The van der Waals surface area contributed by atoms with Crippen LogP contribution >= 0.6 is 0 Å². The number of aromatic nitrogens is 5. The van der Waals surface area contributed by atoms with Gasteiger partial charge in [0.2, 0.25) is 5.91 Å². The minimum absolute atomic E-state index is 0.228. The number of likely N-dealkylation sites (N-methyl/N-ethyl adjacent to an activating group) is 1. The predicted octanol–water partition coefficient (Wildman–Crippen LogP) is 3.97. The van der Waals surface area contributed by atoms with E-state index in [9.17, 15) is 4.79 Å². The van der Waals surface area contributed by atoms with Crippen LogP contribution in [0.25, 0.3) is 27.8 Å². The van der Waals surface area contributed by atoms with Crippen LogP contribution in [0.3, 0.4) is 0 Å². The summed E-state index contributed by atoms with van der Waals surface area (Å²) in [6, 6.07) is 8.87. The van der Waals surface area contributed by atoms with Gasteiger partial charge in [-0.15, -0.1) is 5.10 Å². The monoisotopic (exact) mass is 459 g/mol. The zero-order chi connectivity index (χ0) is 24.0.